The highest BCUT2D eigenvalue weighted by atomic mass is 16.6. The van der Waals surface area contributed by atoms with E-state index in [0.717, 1.165) is 25.9 Å². The molecule has 0 radical (unpaired) electrons. The van der Waals surface area contributed by atoms with Gasteiger partial charge >= 0.3 is 0 Å². The summed E-state index contributed by atoms with van der Waals surface area (Å²) in [5.74, 6) is -0.234. The Bertz CT molecular complexity index is 680. The van der Waals surface area contributed by atoms with Gasteiger partial charge in [-0.3, -0.25) is 19.8 Å². The Balaban J connectivity index is 1.72. The fraction of sp³-hybridized carbons (Fsp3) is 0.650. The highest BCUT2D eigenvalue weighted by molar-refractivity contribution is 5.95. The van der Waals surface area contributed by atoms with E-state index in [0.29, 0.717) is 17.8 Å². The molecule has 0 atom stereocenters. The molecule has 0 bridgehead atoms. The Kier molecular flexibility index (Phi) is 6.31. The maximum absolute atomic E-state index is 12.7. The molecule has 2 aliphatic rings. The maximum atomic E-state index is 12.7. The van der Waals surface area contributed by atoms with Gasteiger partial charge in [-0.2, -0.15) is 0 Å². The van der Waals surface area contributed by atoms with Crippen LogP contribution in [0.25, 0.3) is 0 Å². The molecular weight excluding hydrogens is 344 g/mol. The van der Waals surface area contributed by atoms with Gasteiger partial charge in [0, 0.05) is 30.8 Å². The van der Waals surface area contributed by atoms with Gasteiger partial charge in [-0.1, -0.05) is 25.7 Å². The minimum Gasteiger partial charge on any atom is -0.383 e. The minimum absolute atomic E-state index is 0.0468. The van der Waals surface area contributed by atoms with E-state index in [4.69, 9.17) is 0 Å². The predicted molar refractivity (Wildman–Crippen MR) is 106 cm³/mol. The summed E-state index contributed by atoms with van der Waals surface area (Å²) in [5, 5.41) is 17.1. The highest BCUT2D eigenvalue weighted by Gasteiger charge is 2.38. The van der Waals surface area contributed by atoms with Gasteiger partial charge in [0.15, 0.2) is 0 Å². The number of piperidine rings is 1. The van der Waals surface area contributed by atoms with Crippen LogP contribution in [0.1, 0.15) is 61.7 Å². The topological polar surface area (TPSA) is 87.5 Å². The Labute approximate surface area is 160 Å². The average molecular weight is 374 g/mol. The number of anilines is 1. The molecule has 1 aromatic rings. The highest BCUT2D eigenvalue weighted by Crippen LogP contribution is 2.35. The molecule has 7 nitrogen and oxygen atoms in total. The first-order valence-electron chi connectivity index (χ1n) is 10.1. The number of carbonyl (C=O) groups excluding carboxylic acids is 1. The number of nitrogens with one attached hydrogen (secondary N) is 2. The largest absolute Gasteiger partial charge is 0.383 e. The van der Waals surface area contributed by atoms with E-state index in [1.807, 2.05) is 0 Å². The van der Waals surface area contributed by atoms with Gasteiger partial charge in [0.25, 0.3) is 11.6 Å². The Morgan fingerprint density at radius 3 is 2.44 bits per heavy atom. The molecule has 2 fully saturated rings. The first-order chi connectivity index (χ1) is 13.1. The first kappa shape index (κ1) is 19.6. The molecule has 2 N–H and O–H groups in total. The van der Waals surface area contributed by atoms with Gasteiger partial charge < -0.3 is 10.6 Å². The number of nitro benzene ring substituents is 1. The van der Waals surface area contributed by atoms with Gasteiger partial charge in [0.2, 0.25) is 0 Å². The van der Waals surface area contributed by atoms with E-state index in [9.17, 15) is 14.9 Å². The summed E-state index contributed by atoms with van der Waals surface area (Å²) in [6.07, 6.45) is 9.66. The summed E-state index contributed by atoms with van der Waals surface area (Å²) in [6, 6.07) is 4.59. The lowest BCUT2D eigenvalue weighted by Gasteiger charge is -2.48. The van der Waals surface area contributed by atoms with Crippen LogP contribution in [0.15, 0.2) is 18.2 Å². The van der Waals surface area contributed by atoms with Crippen molar-refractivity contribution in [3.05, 3.63) is 33.9 Å². The summed E-state index contributed by atoms with van der Waals surface area (Å²) in [6.45, 7) is 2.84. The number of nitrogens with zero attached hydrogens (tertiary/aromatic N) is 2. The van der Waals surface area contributed by atoms with E-state index in [1.54, 1.807) is 19.2 Å². The van der Waals surface area contributed by atoms with Crippen LogP contribution in [-0.4, -0.2) is 48.0 Å². The van der Waals surface area contributed by atoms with Crippen molar-refractivity contribution in [1.29, 1.82) is 0 Å². The van der Waals surface area contributed by atoms with Crippen LogP contribution in [0.5, 0.6) is 0 Å². The summed E-state index contributed by atoms with van der Waals surface area (Å²) in [7, 11) is 1.63. The molecule has 0 aromatic heterocycles. The zero-order valence-corrected chi connectivity index (χ0v) is 16.1. The normalized spacial score (nSPS) is 20.0. The Morgan fingerprint density at radius 2 is 1.81 bits per heavy atom. The molecule has 1 heterocycles. The third kappa shape index (κ3) is 4.40. The first-order valence-corrected chi connectivity index (χ1v) is 10.1. The molecule has 1 saturated carbocycles. The van der Waals surface area contributed by atoms with Crippen molar-refractivity contribution in [3.63, 3.8) is 0 Å². The molecule has 3 rings (SSSR count). The number of rotatable bonds is 6. The SMILES string of the molecule is CNc1ccc(C(=O)NCC2(N3CCCCC3)CCCCC2)cc1[N+](=O)[O-]. The smallest absolute Gasteiger partial charge is 0.293 e. The molecule has 0 spiro atoms. The molecule has 0 unspecified atom stereocenters. The molecule has 1 amide bonds. The fourth-order valence-electron chi connectivity index (χ4n) is 4.57. The van der Waals surface area contributed by atoms with E-state index >= 15 is 0 Å². The molecule has 1 saturated heterocycles. The summed E-state index contributed by atoms with van der Waals surface area (Å²) in [5.41, 5.74) is 0.720. The quantitative estimate of drug-likeness (QED) is 0.587. The van der Waals surface area contributed by atoms with Crippen molar-refractivity contribution in [1.82, 2.24) is 10.2 Å². The lowest BCUT2D eigenvalue weighted by atomic mass is 9.79. The van der Waals surface area contributed by atoms with Crippen molar-refractivity contribution < 1.29 is 9.72 Å². The van der Waals surface area contributed by atoms with Crippen LogP contribution in [0.3, 0.4) is 0 Å². The Hall–Kier alpha value is -2.15. The van der Waals surface area contributed by atoms with Crippen molar-refractivity contribution >= 4 is 17.3 Å². The lowest BCUT2D eigenvalue weighted by Crippen LogP contribution is -2.58. The second-order valence-electron chi connectivity index (χ2n) is 7.75. The van der Waals surface area contributed by atoms with Crippen molar-refractivity contribution in [2.45, 2.75) is 56.9 Å². The van der Waals surface area contributed by atoms with E-state index in [2.05, 4.69) is 15.5 Å². The number of amides is 1. The zero-order chi connectivity index (χ0) is 19.3. The van der Waals surface area contributed by atoms with E-state index in [-0.39, 0.29) is 17.1 Å². The second-order valence-corrected chi connectivity index (χ2v) is 7.75. The van der Waals surface area contributed by atoms with Gasteiger partial charge in [-0.25, -0.2) is 0 Å². The van der Waals surface area contributed by atoms with Crippen LogP contribution < -0.4 is 10.6 Å². The third-order valence-electron chi connectivity index (χ3n) is 6.12. The van der Waals surface area contributed by atoms with Crippen LogP contribution in [-0.2, 0) is 0 Å². The van der Waals surface area contributed by atoms with Crippen LogP contribution in [0, 0.1) is 10.1 Å². The number of hydrogen-bond acceptors (Lipinski definition) is 5. The Morgan fingerprint density at radius 1 is 1.15 bits per heavy atom. The van der Waals surface area contributed by atoms with E-state index in [1.165, 1.54) is 44.6 Å². The molecule has 1 aliphatic heterocycles. The predicted octanol–water partition coefficient (Wildman–Crippen LogP) is 3.56. The van der Waals surface area contributed by atoms with Crippen molar-refractivity contribution in [3.8, 4) is 0 Å². The summed E-state index contributed by atoms with van der Waals surface area (Å²) in [4.78, 5) is 26.1. The van der Waals surface area contributed by atoms with Gasteiger partial charge in [-0.15, -0.1) is 0 Å². The molecule has 1 aliphatic carbocycles. The summed E-state index contributed by atoms with van der Waals surface area (Å²) >= 11 is 0. The number of hydrogen-bond donors (Lipinski definition) is 2. The fourth-order valence-corrected chi connectivity index (χ4v) is 4.57. The molecule has 148 valence electrons. The van der Waals surface area contributed by atoms with Crippen molar-refractivity contribution in [2.24, 2.45) is 0 Å². The number of nitro groups is 1. The van der Waals surface area contributed by atoms with Crippen LogP contribution in [0.2, 0.25) is 0 Å². The lowest BCUT2D eigenvalue weighted by molar-refractivity contribution is -0.384. The van der Waals surface area contributed by atoms with Crippen LogP contribution >= 0.6 is 0 Å². The number of likely N-dealkylation sites (tertiary alicyclic amines) is 1. The van der Waals surface area contributed by atoms with Gasteiger partial charge in [0.1, 0.15) is 5.69 Å². The minimum atomic E-state index is -0.459. The molecular formula is C20H30N4O3. The standard InChI is InChI=1S/C20H30N4O3/c1-21-17-9-8-16(14-18(17)24(26)27)19(25)22-15-20(10-4-2-5-11-20)23-12-6-3-7-13-23/h8-9,14,21H,2-7,10-13,15H2,1H3,(H,22,25). The monoisotopic (exact) mass is 374 g/mol. The number of carbonyl (C=O) groups is 1. The molecule has 7 heteroatoms. The summed E-state index contributed by atoms with van der Waals surface area (Å²) < 4.78 is 0. The maximum Gasteiger partial charge on any atom is 0.293 e. The van der Waals surface area contributed by atoms with Gasteiger partial charge in [-0.05, 0) is 50.9 Å². The average Bonchev–Trinajstić information content (AvgIpc) is 2.72. The van der Waals surface area contributed by atoms with Gasteiger partial charge in [0.05, 0.1) is 4.92 Å². The number of benzene rings is 1. The molecule has 27 heavy (non-hydrogen) atoms. The van der Waals surface area contributed by atoms with E-state index < -0.39 is 4.92 Å². The zero-order valence-electron chi connectivity index (χ0n) is 16.1. The molecule has 1 aromatic carbocycles. The van der Waals surface area contributed by atoms with Crippen molar-refractivity contribution in [2.75, 3.05) is 32.0 Å². The second kappa shape index (κ2) is 8.69. The van der Waals surface area contributed by atoms with Crippen LogP contribution in [0.4, 0.5) is 11.4 Å². The third-order valence-corrected chi connectivity index (χ3v) is 6.12.